The predicted octanol–water partition coefficient (Wildman–Crippen LogP) is 3.54. The van der Waals surface area contributed by atoms with Crippen LogP contribution in [0.15, 0.2) is 29.4 Å². The Morgan fingerprint density at radius 2 is 2.21 bits per heavy atom. The summed E-state index contributed by atoms with van der Waals surface area (Å²) in [5.41, 5.74) is 1.15. The van der Waals surface area contributed by atoms with Gasteiger partial charge in [-0.15, -0.1) is 0 Å². The maximum absolute atomic E-state index is 13.3. The molecular formula is C18H26FN3O2. The lowest BCUT2D eigenvalue weighted by Gasteiger charge is -2.29. The van der Waals surface area contributed by atoms with Gasteiger partial charge in [0.2, 0.25) is 0 Å². The van der Waals surface area contributed by atoms with Gasteiger partial charge in [-0.3, -0.25) is 0 Å². The van der Waals surface area contributed by atoms with Gasteiger partial charge < -0.3 is 15.1 Å². The second-order valence-electron chi connectivity index (χ2n) is 7.11. The largest absolute Gasteiger partial charge is 0.390 e. The molecule has 24 heavy (non-hydrogen) atoms. The summed E-state index contributed by atoms with van der Waals surface area (Å²) in [6.45, 7) is 8.99. The van der Waals surface area contributed by atoms with E-state index < -0.39 is 0 Å². The third-order valence-electron chi connectivity index (χ3n) is 3.58. The summed E-state index contributed by atoms with van der Waals surface area (Å²) in [5, 5.41) is 7.04. The first-order chi connectivity index (χ1) is 11.3. The highest BCUT2D eigenvalue weighted by atomic mass is 19.1. The fraction of sp³-hybridized carbons (Fsp3) is 0.556. The van der Waals surface area contributed by atoms with E-state index in [1.54, 1.807) is 11.0 Å². The Bertz CT molecular complexity index is 611. The summed E-state index contributed by atoms with van der Waals surface area (Å²) in [7, 11) is 0. The molecule has 1 aromatic carbocycles. The molecule has 1 aliphatic rings. The van der Waals surface area contributed by atoms with Crippen LogP contribution in [0.25, 0.3) is 0 Å². The molecule has 0 saturated carbocycles. The number of rotatable bonds is 5. The minimum Gasteiger partial charge on any atom is -0.390 e. The van der Waals surface area contributed by atoms with Gasteiger partial charge in [-0.2, -0.15) is 0 Å². The van der Waals surface area contributed by atoms with E-state index in [4.69, 9.17) is 4.84 Å². The number of benzene rings is 1. The number of carbonyl (C=O) groups excluding carboxylic acids is 1. The topological polar surface area (TPSA) is 53.9 Å². The summed E-state index contributed by atoms with van der Waals surface area (Å²) in [4.78, 5) is 19.6. The van der Waals surface area contributed by atoms with Crippen molar-refractivity contribution in [1.82, 2.24) is 10.2 Å². The average Bonchev–Trinajstić information content (AvgIpc) is 2.93. The van der Waals surface area contributed by atoms with Crippen LogP contribution in [0, 0.1) is 5.82 Å². The normalized spacial score (nSPS) is 17.2. The van der Waals surface area contributed by atoms with Gasteiger partial charge >= 0.3 is 6.03 Å². The van der Waals surface area contributed by atoms with E-state index in [1.165, 1.54) is 12.1 Å². The van der Waals surface area contributed by atoms with E-state index in [1.807, 2.05) is 33.8 Å². The molecule has 0 aromatic heterocycles. The average molecular weight is 335 g/mol. The Morgan fingerprint density at radius 3 is 2.83 bits per heavy atom. The fourth-order valence-electron chi connectivity index (χ4n) is 2.56. The maximum Gasteiger partial charge on any atom is 0.317 e. The first kappa shape index (κ1) is 18.2. The highest BCUT2D eigenvalue weighted by molar-refractivity contribution is 6.01. The molecule has 0 fully saturated rings. The van der Waals surface area contributed by atoms with Crippen molar-refractivity contribution in [3.05, 3.63) is 35.6 Å². The molecule has 2 rings (SSSR count). The van der Waals surface area contributed by atoms with Crippen molar-refractivity contribution < 1.29 is 14.0 Å². The quantitative estimate of drug-likeness (QED) is 0.895. The van der Waals surface area contributed by atoms with Crippen molar-refractivity contribution in [1.29, 1.82) is 0 Å². The number of nitrogens with one attached hydrogen (secondary N) is 1. The number of carbonyl (C=O) groups is 1. The van der Waals surface area contributed by atoms with Crippen LogP contribution >= 0.6 is 0 Å². The number of nitrogens with zero attached hydrogens (tertiary/aromatic N) is 2. The lowest BCUT2D eigenvalue weighted by Crippen LogP contribution is -2.50. The minimum absolute atomic E-state index is 0.104. The molecule has 1 atom stereocenters. The molecule has 0 aliphatic carbocycles. The Labute approximate surface area is 142 Å². The van der Waals surface area contributed by atoms with Crippen molar-refractivity contribution in [3.63, 3.8) is 0 Å². The van der Waals surface area contributed by atoms with Crippen molar-refractivity contribution in [2.24, 2.45) is 5.16 Å². The van der Waals surface area contributed by atoms with E-state index in [9.17, 15) is 9.18 Å². The van der Waals surface area contributed by atoms with E-state index in [0.717, 1.165) is 12.0 Å². The zero-order valence-electron chi connectivity index (χ0n) is 14.8. The van der Waals surface area contributed by atoms with Gasteiger partial charge in [-0.25, -0.2) is 9.18 Å². The first-order valence-corrected chi connectivity index (χ1v) is 8.34. The standard InChI is InChI=1S/C18H26FN3O2/c1-5-9-22(17(23)20-18(2,3)4)12-15-11-16(21-24-15)13-7-6-8-14(19)10-13/h6-8,10,15H,5,9,11-12H2,1-4H3,(H,20,23). The molecule has 1 aromatic rings. The highest BCUT2D eigenvalue weighted by Gasteiger charge is 2.27. The molecule has 1 N–H and O–H groups in total. The van der Waals surface area contributed by atoms with E-state index >= 15 is 0 Å². The molecular weight excluding hydrogens is 309 g/mol. The van der Waals surface area contributed by atoms with Gasteiger partial charge in [-0.05, 0) is 39.3 Å². The summed E-state index contributed by atoms with van der Waals surface area (Å²) in [6.07, 6.45) is 1.22. The number of oxime groups is 1. The molecule has 1 aliphatic heterocycles. The van der Waals surface area contributed by atoms with Gasteiger partial charge in [0.05, 0.1) is 12.3 Å². The fourth-order valence-corrected chi connectivity index (χ4v) is 2.56. The SMILES string of the molecule is CCCN(CC1CC(c2cccc(F)c2)=NO1)C(=O)NC(C)(C)C. The lowest BCUT2D eigenvalue weighted by molar-refractivity contribution is 0.0596. The third kappa shape index (κ3) is 5.22. The molecule has 1 unspecified atom stereocenters. The van der Waals surface area contributed by atoms with Crippen molar-refractivity contribution in [3.8, 4) is 0 Å². The van der Waals surface area contributed by atoms with Crippen LogP contribution in [0.3, 0.4) is 0 Å². The molecule has 0 saturated heterocycles. The zero-order chi connectivity index (χ0) is 17.7. The Morgan fingerprint density at radius 1 is 1.46 bits per heavy atom. The number of urea groups is 1. The van der Waals surface area contributed by atoms with Gasteiger partial charge in [-0.1, -0.05) is 24.2 Å². The lowest BCUT2D eigenvalue weighted by atomic mass is 10.0. The van der Waals surface area contributed by atoms with Crippen LogP contribution in [-0.4, -0.2) is 41.4 Å². The molecule has 132 valence electrons. The van der Waals surface area contributed by atoms with Gasteiger partial charge in [0.25, 0.3) is 0 Å². The number of amides is 2. The highest BCUT2D eigenvalue weighted by Crippen LogP contribution is 2.18. The summed E-state index contributed by atoms with van der Waals surface area (Å²) < 4.78 is 13.3. The second kappa shape index (κ2) is 7.64. The monoisotopic (exact) mass is 335 g/mol. The predicted molar refractivity (Wildman–Crippen MR) is 92.6 cm³/mol. The Hall–Kier alpha value is -2.11. The van der Waals surface area contributed by atoms with Gasteiger partial charge in [0, 0.05) is 24.1 Å². The summed E-state index contributed by atoms with van der Waals surface area (Å²) >= 11 is 0. The van der Waals surface area contributed by atoms with Crippen LogP contribution in [0.1, 0.15) is 46.1 Å². The minimum atomic E-state index is -0.296. The van der Waals surface area contributed by atoms with Crippen LogP contribution in [-0.2, 0) is 4.84 Å². The van der Waals surface area contributed by atoms with Crippen molar-refractivity contribution >= 4 is 11.7 Å². The van der Waals surface area contributed by atoms with E-state index in [-0.39, 0.29) is 23.5 Å². The number of hydrogen-bond acceptors (Lipinski definition) is 3. The molecule has 0 bridgehead atoms. The Kier molecular flexibility index (Phi) is 5.80. The molecule has 5 nitrogen and oxygen atoms in total. The molecule has 2 amide bonds. The summed E-state index contributed by atoms with van der Waals surface area (Å²) in [6, 6.07) is 6.20. The number of halogens is 1. The van der Waals surface area contributed by atoms with Crippen molar-refractivity contribution in [2.75, 3.05) is 13.1 Å². The maximum atomic E-state index is 13.3. The van der Waals surface area contributed by atoms with Crippen molar-refractivity contribution in [2.45, 2.75) is 52.2 Å². The zero-order valence-corrected chi connectivity index (χ0v) is 14.8. The van der Waals surface area contributed by atoms with Crippen LogP contribution < -0.4 is 5.32 Å². The molecule has 6 heteroatoms. The van der Waals surface area contributed by atoms with E-state index in [0.29, 0.717) is 25.2 Å². The second-order valence-corrected chi connectivity index (χ2v) is 7.11. The molecule has 0 radical (unpaired) electrons. The van der Waals surface area contributed by atoms with Crippen LogP contribution in [0.2, 0.25) is 0 Å². The first-order valence-electron chi connectivity index (χ1n) is 8.34. The van der Waals surface area contributed by atoms with Gasteiger partial charge in [0.1, 0.15) is 5.82 Å². The van der Waals surface area contributed by atoms with Gasteiger partial charge in [0.15, 0.2) is 6.10 Å². The molecule has 0 spiro atoms. The smallest absolute Gasteiger partial charge is 0.317 e. The molecule has 1 heterocycles. The van der Waals surface area contributed by atoms with E-state index in [2.05, 4.69) is 10.5 Å². The summed E-state index contributed by atoms with van der Waals surface area (Å²) in [5.74, 6) is -0.296. The van der Waals surface area contributed by atoms with Crippen LogP contribution in [0.5, 0.6) is 0 Å². The van der Waals surface area contributed by atoms with Crippen LogP contribution in [0.4, 0.5) is 9.18 Å². The third-order valence-corrected chi connectivity index (χ3v) is 3.58. The Balaban J connectivity index is 1.96. The number of hydrogen-bond donors (Lipinski definition) is 1.